The molecule has 8 heteroatoms. The van der Waals surface area contributed by atoms with Crippen LogP contribution in [0.4, 0.5) is 0 Å². The Kier molecular flexibility index (Phi) is 5.32. The van der Waals surface area contributed by atoms with Gasteiger partial charge in [0.2, 0.25) is 0 Å². The number of hydrogen-bond donors (Lipinski definition) is 2. The Morgan fingerprint density at radius 3 is 2.28 bits per heavy atom. The van der Waals surface area contributed by atoms with Gasteiger partial charge < -0.3 is 14.8 Å². The first-order valence-electron chi connectivity index (χ1n) is 7.60. The summed E-state index contributed by atoms with van der Waals surface area (Å²) in [7, 11) is -3.28. The summed E-state index contributed by atoms with van der Waals surface area (Å²) >= 11 is 0. The highest BCUT2D eigenvalue weighted by Gasteiger charge is 2.21. The quantitative estimate of drug-likeness (QED) is 0.813. The summed E-state index contributed by atoms with van der Waals surface area (Å²) in [6, 6.07) is 6.96. The Morgan fingerprint density at radius 2 is 1.84 bits per heavy atom. The second-order valence-electron chi connectivity index (χ2n) is 5.64. The van der Waals surface area contributed by atoms with Crippen LogP contribution in [0, 0.1) is 0 Å². The normalized spacial score (nSPS) is 12.6. The molecule has 0 fully saturated rings. The predicted molar refractivity (Wildman–Crippen MR) is 90.5 cm³/mol. The highest BCUT2D eigenvalue weighted by atomic mass is 32.2. The number of hydrogen-bond acceptors (Lipinski definition) is 5. The molecule has 1 aromatic heterocycles. The number of sulfone groups is 1. The van der Waals surface area contributed by atoms with Gasteiger partial charge in [-0.3, -0.25) is 4.79 Å². The third-order valence-electron chi connectivity index (χ3n) is 3.74. The number of carboxylic acid groups (broad SMARTS) is 1. The van der Waals surface area contributed by atoms with E-state index in [1.54, 1.807) is 26.0 Å². The predicted octanol–water partition coefficient (Wildman–Crippen LogP) is 2.43. The van der Waals surface area contributed by atoms with Crippen molar-refractivity contribution in [2.75, 3.05) is 6.26 Å². The molecule has 1 unspecified atom stereocenters. The van der Waals surface area contributed by atoms with E-state index in [4.69, 9.17) is 9.52 Å². The van der Waals surface area contributed by atoms with E-state index >= 15 is 0 Å². The molecule has 1 heterocycles. The standard InChI is InChI=1S/C17H19NO6S/c1-4-14-13(17(20)21)9-15(24-14)16(19)18-10(2)11-5-7-12(8-6-11)25(3,22)23/h5-10H,4H2,1-3H3,(H,18,19)(H,20,21). The zero-order valence-corrected chi connectivity index (χ0v) is 14.9. The molecule has 0 aliphatic carbocycles. The molecule has 1 amide bonds. The van der Waals surface area contributed by atoms with E-state index < -0.39 is 27.8 Å². The van der Waals surface area contributed by atoms with E-state index in [0.29, 0.717) is 12.0 Å². The fraction of sp³-hybridized carbons (Fsp3) is 0.294. The maximum Gasteiger partial charge on any atom is 0.339 e. The molecule has 0 aliphatic rings. The Balaban J connectivity index is 2.16. The highest BCUT2D eigenvalue weighted by Crippen LogP contribution is 2.19. The largest absolute Gasteiger partial charge is 0.478 e. The molecule has 1 atom stereocenters. The van der Waals surface area contributed by atoms with E-state index in [-0.39, 0.29) is 22.0 Å². The van der Waals surface area contributed by atoms with Crippen molar-refractivity contribution < 1.29 is 27.5 Å². The van der Waals surface area contributed by atoms with Crippen LogP contribution in [-0.4, -0.2) is 31.7 Å². The molecule has 0 saturated heterocycles. The molecule has 0 saturated carbocycles. The average Bonchev–Trinajstić information content (AvgIpc) is 2.99. The first kappa shape index (κ1) is 18.7. The van der Waals surface area contributed by atoms with Crippen molar-refractivity contribution in [1.82, 2.24) is 5.32 Å². The van der Waals surface area contributed by atoms with Gasteiger partial charge in [0.05, 0.1) is 10.9 Å². The first-order chi connectivity index (χ1) is 11.6. The van der Waals surface area contributed by atoms with Crippen molar-refractivity contribution >= 4 is 21.7 Å². The lowest BCUT2D eigenvalue weighted by Gasteiger charge is -2.13. The SMILES string of the molecule is CCc1oc(C(=O)NC(C)c2ccc(S(C)(=O)=O)cc2)cc1C(=O)O. The summed E-state index contributed by atoms with van der Waals surface area (Å²) in [5.41, 5.74) is 0.680. The maximum atomic E-state index is 12.3. The fourth-order valence-electron chi connectivity index (χ4n) is 2.34. The summed E-state index contributed by atoms with van der Waals surface area (Å²) in [5, 5.41) is 11.8. The maximum absolute atomic E-state index is 12.3. The Labute approximate surface area is 145 Å². The zero-order valence-electron chi connectivity index (χ0n) is 14.1. The molecule has 2 aromatic rings. The Hall–Kier alpha value is -2.61. The second-order valence-corrected chi connectivity index (χ2v) is 7.66. The molecule has 2 rings (SSSR count). The van der Waals surface area contributed by atoms with E-state index in [0.717, 1.165) is 6.26 Å². The van der Waals surface area contributed by atoms with Crippen molar-refractivity contribution in [2.24, 2.45) is 0 Å². The number of rotatable bonds is 6. The average molecular weight is 365 g/mol. The molecule has 134 valence electrons. The molecule has 25 heavy (non-hydrogen) atoms. The van der Waals surface area contributed by atoms with Gasteiger partial charge in [-0.2, -0.15) is 0 Å². The molecule has 1 aromatic carbocycles. The number of aromatic carboxylic acids is 1. The third-order valence-corrected chi connectivity index (χ3v) is 4.87. The summed E-state index contributed by atoms with van der Waals surface area (Å²) in [6.07, 6.45) is 1.48. The van der Waals surface area contributed by atoms with E-state index in [2.05, 4.69) is 5.32 Å². The van der Waals surface area contributed by atoms with Gasteiger partial charge in [0, 0.05) is 18.7 Å². The number of aryl methyl sites for hydroxylation is 1. The van der Waals surface area contributed by atoms with Crippen molar-refractivity contribution in [2.45, 2.75) is 31.2 Å². The van der Waals surface area contributed by atoms with Gasteiger partial charge in [0.25, 0.3) is 5.91 Å². The van der Waals surface area contributed by atoms with Crippen molar-refractivity contribution in [3.05, 3.63) is 53.0 Å². The number of amides is 1. The van der Waals surface area contributed by atoms with E-state index in [9.17, 15) is 18.0 Å². The van der Waals surface area contributed by atoms with Crippen LogP contribution in [0.15, 0.2) is 39.6 Å². The summed E-state index contributed by atoms with van der Waals surface area (Å²) in [4.78, 5) is 23.6. The van der Waals surface area contributed by atoms with Crippen LogP contribution in [0.1, 0.15) is 52.1 Å². The summed E-state index contributed by atoms with van der Waals surface area (Å²) in [5.74, 6) is -1.53. The topological polar surface area (TPSA) is 114 Å². The number of carbonyl (C=O) groups is 2. The van der Waals surface area contributed by atoms with Gasteiger partial charge in [0.15, 0.2) is 15.6 Å². The van der Waals surface area contributed by atoms with Crippen LogP contribution in [0.5, 0.6) is 0 Å². The third kappa shape index (κ3) is 4.27. The van der Waals surface area contributed by atoms with Gasteiger partial charge in [-0.15, -0.1) is 0 Å². The van der Waals surface area contributed by atoms with Crippen LogP contribution >= 0.6 is 0 Å². The van der Waals surface area contributed by atoms with Crippen molar-refractivity contribution in [3.8, 4) is 0 Å². The molecule has 0 radical (unpaired) electrons. The van der Waals surface area contributed by atoms with Gasteiger partial charge in [-0.25, -0.2) is 13.2 Å². The van der Waals surface area contributed by atoms with Crippen molar-refractivity contribution in [3.63, 3.8) is 0 Å². The summed E-state index contributed by atoms with van der Waals surface area (Å²) in [6.45, 7) is 3.47. The number of furan rings is 1. The number of nitrogens with one attached hydrogen (secondary N) is 1. The fourth-order valence-corrected chi connectivity index (χ4v) is 2.97. The van der Waals surface area contributed by atoms with Crippen LogP contribution in [0.2, 0.25) is 0 Å². The van der Waals surface area contributed by atoms with Gasteiger partial charge in [0.1, 0.15) is 11.3 Å². The number of carboxylic acids is 1. The van der Waals surface area contributed by atoms with Crippen LogP contribution in [0.25, 0.3) is 0 Å². The lowest BCUT2D eigenvalue weighted by molar-refractivity contribution is 0.0694. The molecule has 0 aliphatic heterocycles. The Bertz CT molecular complexity index is 896. The molecule has 0 spiro atoms. The van der Waals surface area contributed by atoms with Gasteiger partial charge in [-0.1, -0.05) is 19.1 Å². The van der Waals surface area contributed by atoms with Crippen LogP contribution < -0.4 is 5.32 Å². The minimum Gasteiger partial charge on any atom is -0.478 e. The number of carbonyl (C=O) groups excluding carboxylic acids is 1. The number of benzene rings is 1. The molecule has 7 nitrogen and oxygen atoms in total. The first-order valence-corrected chi connectivity index (χ1v) is 9.49. The lowest BCUT2D eigenvalue weighted by atomic mass is 10.1. The lowest BCUT2D eigenvalue weighted by Crippen LogP contribution is -2.26. The minimum absolute atomic E-state index is 0.0298. The molecule has 2 N–H and O–H groups in total. The molecule has 0 bridgehead atoms. The van der Waals surface area contributed by atoms with E-state index in [1.807, 2.05) is 0 Å². The second kappa shape index (κ2) is 7.10. The molecular weight excluding hydrogens is 346 g/mol. The zero-order chi connectivity index (χ0) is 18.8. The Morgan fingerprint density at radius 1 is 1.24 bits per heavy atom. The van der Waals surface area contributed by atoms with Crippen LogP contribution in [0.3, 0.4) is 0 Å². The molecular formula is C17H19NO6S. The van der Waals surface area contributed by atoms with Crippen LogP contribution in [-0.2, 0) is 16.3 Å². The van der Waals surface area contributed by atoms with Gasteiger partial charge in [-0.05, 0) is 24.6 Å². The minimum atomic E-state index is -3.28. The van der Waals surface area contributed by atoms with E-state index in [1.165, 1.54) is 18.2 Å². The smallest absolute Gasteiger partial charge is 0.339 e. The highest BCUT2D eigenvalue weighted by molar-refractivity contribution is 7.90. The summed E-state index contributed by atoms with van der Waals surface area (Å²) < 4.78 is 28.2. The monoisotopic (exact) mass is 365 g/mol. The van der Waals surface area contributed by atoms with Gasteiger partial charge >= 0.3 is 5.97 Å². The van der Waals surface area contributed by atoms with Crippen molar-refractivity contribution in [1.29, 1.82) is 0 Å².